The topological polar surface area (TPSA) is 115 Å². The number of nitrogens with one attached hydrogen (secondary N) is 1. The normalized spacial score (nSPS) is 11.3. The number of aryl methyl sites for hydroxylation is 1. The van der Waals surface area contributed by atoms with Gasteiger partial charge in [0.2, 0.25) is 15.7 Å². The fourth-order valence-corrected chi connectivity index (χ4v) is 4.99. The number of carbonyl (C=O) groups excluding carboxylic acids is 2. The molecule has 0 fully saturated rings. The first-order valence-electron chi connectivity index (χ1n) is 11.3. The molecule has 3 aromatic rings. The number of likely N-dealkylation sites (N-methyl/N-ethyl adjacent to an activating group) is 1. The van der Waals surface area contributed by atoms with E-state index in [0.29, 0.717) is 28.1 Å². The van der Waals surface area contributed by atoms with Crippen LogP contribution >= 0.6 is 0 Å². The first kappa shape index (κ1) is 27.4. The third kappa shape index (κ3) is 6.34. The molecule has 10 heteroatoms. The van der Waals surface area contributed by atoms with Gasteiger partial charge in [0.15, 0.2) is 5.03 Å². The van der Waals surface area contributed by atoms with Crippen molar-refractivity contribution in [3.63, 3.8) is 0 Å². The molecule has 194 valence electrons. The molecule has 0 aliphatic carbocycles. The number of ether oxygens (including phenoxy) is 2. The van der Waals surface area contributed by atoms with Gasteiger partial charge >= 0.3 is 5.97 Å². The first-order valence-corrected chi connectivity index (χ1v) is 12.8. The fourth-order valence-electron chi connectivity index (χ4n) is 3.58. The quantitative estimate of drug-likeness (QED) is 0.333. The first-order chi connectivity index (χ1) is 17.6. The van der Waals surface area contributed by atoms with Crippen molar-refractivity contribution in [1.82, 2.24) is 9.88 Å². The lowest BCUT2D eigenvalue weighted by Crippen LogP contribution is -2.18. The van der Waals surface area contributed by atoms with Crippen molar-refractivity contribution < 1.29 is 27.5 Å². The molecule has 37 heavy (non-hydrogen) atoms. The number of methoxy groups -OCH3 is 2. The Morgan fingerprint density at radius 3 is 2.41 bits per heavy atom. The molecule has 2 aromatic carbocycles. The molecule has 1 aromatic heterocycles. The predicted molar refractivity (Wildman–Crippen MR) is 140 cm³/mol. The van der Waals surface area contributed by atoms with Crippen molar-refractivity contribution in [2.45, 2.75) is 23.4 Å². The molecule has 0 aliphatic rings. The molecule has 1 amide bonds. The van der Waals surface area contributed by atoms with Gasteiger partial charge in [0.25, 0.3) is 0 Å². The van der Waals surface area contributed by atoms with Crippen LogP contribution < -0.4 is 10.1 Å². The van der Waals surface area contributed by atoms with Gasteiger partial charge < -0.3 is 19.7 Å². The Balaban J connectivity index is 1.95. The molecule has 0 spiro atoms. The largest absolute Gasteiger partial charge is 0.497 e. The summed E-state index contributed by atoms with van der Waals surface area (Å²) in [5, 5.41) is 3.09. The number of hydrogen-bond acceptors (Lipinski definition) is 8. The summed E-state index contributed by atoms with van der Waals surface area (Å²) in [4.78, 5) is 30.2. The van der Waals surface area contributed by atoms with Crippen molar-refractivity contribution in [1.29, 1.82) is 0 Å². The Morgan fingerprint density at radius 2 is 1.78 bits per heavy atom. The molecule has 0 saturated carbocycles. The second kappa shape index (κ2) is 11.7. The Morgan fingerprint density at radius 1 is 1.08 bits per heavy atom. The second-order valence-corrected chi connectivity index (χ2v) is 10.2. The summed E-state index contributed by atoms with van der Waals surface area (Å²) in [6, 6.07) is 12.8. The van der Waals surface area contributed by atoms with Crippen molar-refractivity contribution in [3.8, 4) is 5.75 Å². The van der Waals surface area contributed by atoms with Crippen LogP contribution in [0.1, 0.15) is 27.0 Å². The molecule has 0 unspecified atom stereocenters. The van der Waals surface area contributed by atoms with Gasteiger partial charge in [-0.3, -0.25) is 4.79 Å². The van der Waals surface area contributed by atoms with Crippen LogP contribution in [0.2, 0.25) is 0 Å². The van der Waals surface area contributed by atoms with Gasteiger partial charge in [-0.05, 0) is 66.6 Å². The molecule has 3 rings (SSSR count). The van der Waals surface area contributed by atoms with E-state index >= 15 is 0 Å². The molecule has 0 saturated heterocycles. The van der Waals surface area contributed by atoms with E-state index in [2.05, 4.69) is 10.3 Å². The molecule has 0 radical (unpaired) electrons. The Labute approximate surface area is 216 Å². The molecule has 0 aliphatic heterocycles. The van der Waals surface area contributed by atoms with Crippen molar-refractivity contribution in [3.05, 3.63) is 83.1 Å². The van der Waals surface area contributed by atoms with Crippen molar-refractivity contribution in [2.75, 3.05) is 33.6 Å². The number of nitrogens with zero attached hydrogens (tertiary/aromatic N) is 2. The highest BCUT2D eigenvalue weighted by Gasteiger charge is 2.23. The van der Waals surface area contributed by atoms with E-state index in [9.17, 15) is 18.0 Å². The van der Waals surface area contributed by atoms with E-state index in [-0.39, 0.29) is 27.9 Å². The maximum Gasteiger partial charge on any atom is 0.339 e. The lowest BCUT2D eigenvalue weighted by molar-refractivity contribution is -0.123. The second-order valence-electron chi connectivity index (χ2n) is 8.32. The minimum atomic E-state index is -3.91. The highest BCUT2D eigenvalue weighted by molar-refractivity contribution is 7.91. The number of esters is 1. The van der Waals surface area contributed by atoms with Crippen LogP contribution in [-0.2, 0) is 25.9 Å². The third-order valence-electron chi connectivity index (χ3n) is 5.55. The van der Waals surface area contributed by atoms with Gasteiger partial charge in [-0.2, -0.15) is 0 Å². The Hall–Kier alpha value is -4.18. The zero-order chi connectivity index (χ0) is 27.2. The average molecular weight is 524 g/mol. The minimum Gasteiger partial charge on any atom is -0.497 e. The number of hydrogen-bond donors (Lipinski definition) is 1. The smallest absolute Gasteiger partial charge is 0.339 e. The number of amides is 1. The Bertz CT molecular complexity index is 1430. The average Bonchev–Trinajstić information content (AvgIpc) is 2.90. The lowest BCUT2D eigenvalue weighted by Gasteiger charge is -2.16. The van der Waals surface area contributed by atoms with Gasteiger partial charge in [0.05, 0.1) is 30.4 Å². The van der Waals surface area contributed by atoms with Crippen molar-refractivity contribution in [2.24, 2.45) is 0 Å². The predicted octanol–water partition coefficient (Wildman–Crippen LogP) is 3.73. The maximum atomic E-state index is 13.3. The molecular weight excluding hydrogens is 494 g/mol. The van der Waals surface area contributed by atoms with E-state index in [0.717, 1.165) is 0 Å². The number of sulfone groups is 1. The number of benzene rings is 2. The van der Waals surface area contributed by atoms with Crippen LogP contribution in [-0.4, -0.2) is 58.5 Å². The van der Waals surface area contributed by atoms with Gasteiger partial charge in [0, 0.05) is 38.5 Å². The molecule has 0 atom stereocenters. The summed E-state index contributed by atoms with van der Waals surface area (Å²) >= 11 is 0. The van der Waals surface area contributed by atoms with Gasteiger partial charge in [0.1, 0.15) is 5.75 Å². The van der Waals surface area contributed by atoms with E-state index < -0.39 is 15.8 Å². The van der Waals surface area contributed by atoms with E-state index in [4.69, 9.17) is 9.47 Å². The molecular formula is C27H29N3O6S. The van der Waals surface area contributed by atoms with Crippen LogP contribution in [0, 0.1) is 6.92 Å². The molecule has 0 bridgehead atoms. The van der Waals surface area contributed by atoms with E-state index in [1.54, 1.807) is 57.4 Å². The van der Waals surface area contributed by atoms with Crippen LogP contribution in [0.15, 0.2) is 70.7 Å². The van der Waals surface area contributed by atoms with Crippen LogP contribution in [0.3, 0.4) is 0 Å². The van der Waals surface area contributed by atoms with Crippen LogP contribution in [0.25, 0.3) is 6.08 Å². The van der Waals surface area contributed by atoms with Gasteiger partial charge in [-0.15, -0.1) is 0 Å². The van der Waals surface area contributed by atoms with E-state index in [1.165, 1.54) is 43.5 Å². The SMILES string of the molecule is COC(=O)c1cc(/C=C/C(=O)N(C)C)cc(C)c1NCc1cccnc1S(=O)(=O)c1ccc(OC)cc1. The standard InChI is InChI=1S/C27H29N3O6S/c1-18-15-19(8-13-24(31)30(2)3)16-23(27(32)36-5)25(18)29-17-20-7-6-14-28-26(20)37(33,34)22-11-9-21(35-4)10-12-22/h6-16,29H,17H2,1-5H3/b13-8+. The van der Waals surface area contributed by atoms with Crippen LogP contribution in [0.5, 0.6) is 5.75 Å². The molecule has 9 nitrogen and oxygen atoms in total. The summed E-state index contributed by atoms with van der Waals surface area (Å²) in [7, 11) is 2.16. The minimum absolute atomic E-state index is 0.0810. The lowest BCUT2D eigenvalue weighted by atomic mass is 10.0. The number of aromatic nitrogens is 1. The zero-order valence-electron chi connectivity index (χ0n) is 21.3. The third-order valence-corrected chi connectivity index (χ3v) is 7.32. The number of rotatable bonds is 9. The summed E-state index contributed by atoms with van der Waals surface area (Å²) < 4.78 is 36.7. The fraction of sp³-hybridized carbons (Fsp3) is 0.222. The number of anilines is 1. The number of pyridine rings is 1. The summed E-state index contributed by atoms with van der Waals surface area (Å²) in [6.45, 7) is 1.88. The summed E-state index contributed by atoms with van der Waals surface area (Å²) in [5.41, 5.74) is 2.52. The zero-order valence-corrected chi connectivity index (χ0v) is 22.1. The molecule has 1 heterocycles. The van der Waals surface area contributed by atoms with Crippen LogP contribution in [0.4, 0.5) is 5.69 Å². The summed E-state index contributed by atoms with van der Waals surface area (Å²) in [5.74, 6) is -0.226. The van der Waals surface area contributed by atoms with Gasteiger partial charge in [-0.25, -0.2) is 18.2 Å². The highest BCUT2D eigenvalue weighted by Crippen LogP contribution is 2.28. The van der Waals surface area contributed by atoms with E-state index in [1.807, 2.05) is 6.07 Å². The monoisotopic (exact) mass is 523 g/mol. The number of carbonyl (C=O) groups is 2. The Kier molecular flexibility index (Phi) is 8.67. The van der Waals surface area contributed by atoms with Gasteiger partial charge in [-0.1, -0.05) is 6.07 Å². The van der Waals surface area contributed by atoms with Crippen molar-refractivity contribution >= 4 is 33.5 Å². The summed E-state index contributed by atoms with van der Waals surface area (Å²) in [6.07, 6.45) is 4.45. The molecule has 1 N–H and O–H groups in total. The maximum absolute atomic E-state index is 13.3. The highest BCUT2D eigenvalue weighted by atomic mass is 32.2.